The summed E-state index contributed by atoms with van der Waals surface area (Å²) in [6, 6.07) is 0. The molecule has 2 unspecified atom stereocenters. The molecule has 0 spiro atoms. The van der Waals surface area contributed by atoms with Crippen LogP contribution in [0.1, 0.15) is 25.1 Å². The van der Waals surface area contributed by atoms with Crippen LogP contribution in [0.25, 0.3) is 0 Å². The van der Waals surface area contributed by atoms with Gasteiger partial charge in [0.2, 0.25) is 0 Å². The third-order valence-electron chi connectivity index (χ3n) is 3.46. The van der Waals surface area contributed by atoms with E-state index in [1.54, 1.807) is 11.7 Å². The highest BCUT2D eigenvalue weighted by molar-refractivity contribution is 8.13. The lowest BCUT2D eigenvalue weighted by atomic mass is 9.89. The fourth-order valence-corrected chi connectivity index (χ4v) is 3.34. The van der Waals surface area contributed by atoms with Crippen molar-refractivity contribution in [3.63, 3.8) is 0 Å². The van der Waals surface area contributed by atoms with Gasteiger partial charge in [0.15, 0.2) is 0 Å². The summed E-state index contributed by atoms with van der Waals surface area (Å²) in [6.07, 6.45) is 0.786. The van der Waals surface area contributed by atoms with Crippen LogP contribution in [0, 0.1) is 5.92 Å². The second kappa shape index (κ2) is 6.38. The lowest BCUT2D eigenvalue weighted by Gasteiger charge is -2.28. The molecular weight excluding hydrogens is 306 g/mol. The number of ether oxygens (including phenoxy) is 2. The maximum absolute atomic E-state index is 11.6. The van der Waals surface area contributed by atoms with Gasteiger partial charge in [0, 0.05) is 43.5 Å². The third-order valence-corrected chi connectivity index (χ3v) is 4.61. The summed E-state index contributed by atoms with van der Waals surface area (Å²) in [7, 11) is 3.04. The molecule has 114 valence electrons. The molecule has 0 bridgehead atoms. The third kappa shape index (κ3) is 3.30. The molecule has 1 fully saturated rings. The van der Waals surface area contributed by atoms with Crippen LogP contribution in [-0.4, -0.2) is 50.1 Å². The average Bonchev–Trinajstić information content (AvgIpc) is 2.80. The van der Waals surface area contributed by atoms with E-state index in [1.807, 2.05) is 6.92 Å². The molecule has 1 saturated heterocycles. The highest BCUT2D eigenvalue weighted by atomic mass is 35.7. The first-order valence-electron chi connectivity index (χ1n) is 6.39. The van der Waals surface area contributed by atoms with Gasteiger partial charge in [-0.05, 0) is 12.3 Å². The molecule has 7 nitrogen and oxygen atoms in total. The van der Waals surface area contributed by atoms with Crippen LogP contribution in [-0.2, 0) is 25.1 Å². The van der Waals surface area contributed by atoms with Crippen molar-refractivity contribution in [1.29, 1.82) is 0 Å². The van der Waals surface area contributed by atoms with Crippen molar-refractivity contribution in [2.24, 2.45) is 5.92 Å². The molecule has 1 aliphatic heterocycles. The maximum atomic E-state index is 11.6. The van der Waals surface area contributed by atoms with E-state index in [0.717, 1.165) is 6.42 Å². The number of halogens is 1. The van der Waals surface area contributed by atoms with Gasteiger partial charge in [-0.25, -0.2) is 8.42 Å². The van der Waals surface area contributed by atoms with Gasteiger partial charge in [-0.2, -0.15) is 0 Å². The number of hydrogen-bond acceptors (Lipinski definition) is 6. The highest BCUT2D eigenvalue weighted by Gasteiger charge is 2.31. The Kier molecular flexibility index (Phi) is 5.00. The van der Waals surface area contributed by atoms with Crippen molar-refractivity contribution in [3.8, 4) is 0 Å². The van der Waals surface area contributed by atoms with Crippen LogP contribution in [0.3, 0.4) is 0 Å². The molecule has 2 rings (SSSR count). The lowest BCUT2D eigenvalue weighted by Crippen LogP contribution is -2.27. The summed E-state index contributed by atoms with van der Waals surface area (Å²) in [5, 5.41) is 7.58. The summed E-state index contributed by atoms with van der Waals surface area (Å²) < 4.78 is 35.1. The van der Waals surface area contributed by atoms with Crippen LogP contribution in [0.5, 0.6) is 0 Å². The van der Waals surface area contributed by atoms with E-state index in [0.29, 0.717) is 32.2 Å². The number of hydrogen-bond donors (Lipinski definition) is 0. The number of aromatic nitrogens is 3. The molecule has 0 radical (unpaired) electrons. The van der Waals surface area contributed by atoms with E-state index in [-0.39, 0.29) is 17.0 Å². The molecule has 1 aliphatic rings. The quantitative estimate of drug-likeness (QED) is 0.751. The second-order valence-corrected chi connectivity index (χ2v) is 7.33. The Balaban J connectivity index is 2.39. The van der Waals surface area contributed by atoms with Crippen LogP contribution >= 0.6 is 10.7 Å². The van der Waals surface area contributed by atoms with Crippen molar-refractivity contribution >= 4 is 19.7 Å². The van der Waals surface area contributed by atoms with Gasteiger partial charge in [0.1, 0.15) is 5.82 Å². The zero-order chi connectivity index (χ0) is 14.8. The van der Waals surface area contributed by atoms with Gasteiger partial charge in [-0.3, -0.25) is 4.57 Å². The van der Waals surface area contributed by atoms with Gasteiger partial charge < -0.3 is 9.47 Å². The topological polar surface area (TPSA) is 83.3 Å². The fraction of sp³-hybridized carbons (Fsp3) is 0.818. The zero-order valence-electron chi connectivity index (χ0n) is 11.5. The predicted octanol–water partition coefficient (Wildman–Crippen LogP) is 0.992. The van der Waals surface area contributed by atoms with E-state index in [9.17, 15) is 8.42 Å². The summed E-state index contributed by atoms with van der Waals surface area (Å²) in [4.78, 5) is 0. The molecule has 2 heterocycles. The van der Waals surface area contributed by atoms with E-state index in [2.05, 4.69) is 10.2 Å². The minimum absolute atomic E-state index is 0.111. The molecule has 2 atom stereocenters. The van der Waals surface area contributed by atoms with Crippen molar-refractivity contribution in [2.45, 2.75) is 31.0 Å². The molecule has 0 aliphatic carbocycles. The van der Waals surface area contributed by atoms with Crippen molar-refractivity contribution in [1.82, 2.24) is 14.8 Å². The lowest BCUT2D eigenvalue weighted by molar-refractivity contribution is 0.0438. The molecule has 0 amide bonds. The Morgan fingerprint density at radius 2 is 2.25 bits per heavy atom. The molecule has 1 aromatic rings. The van der Waals surface area contributed by atoms with Crippen molar-refractivity contribution in [2.75, 3.05) is 26.9 Å². The SMILES string of the molecule is COCCn1c(C2CCOCC2C)nnc1S(=O)(=O)Cl. The first-order valence-corrected chi connectivity index (χ1v) is 8.70. The molecule has 20 heavy (non-hydrogen) atoms. The summed E-state index contributed by atoms with van der Waals surface area (Å²) in [5.74, 6) is 0.998. The first kappa shape index (κ1) is 15.7. The van der Waals surface area contributed by atoms with E-state index < -0.39 is 9.05 Å². The number of nitrogens with zero attached hydrogens (tertiary/aromatic N) is 3. The van der Waals surface area contributed by atoms with Crippen LogP contribution < -0.4 is 0 Å². The highest BCUT2D eigenvalue weighted by Crippen LogP contribution is 2.31. The summed E-state index contributed by atoms with van der Waals surface area (Å²) in [6.45, 7) is 4.03. The van der Waals surface area contributed by atoms with Gasteiger partial charge in [0.05, 0.1) is 6.61 Å². The van der Waals surface area contributed by atoms with Crippen LogP contribution in [0.15, 0.2) is 5.16 Å². The van der Waals surface area contributed by atoms with Gasteiger partial charge in [-0.15, -0.1) is 10.2 Å². The van der Waals surface area contributed by atoms with Gasteiger partial charge in [0.25, 0.3) is 14.2 Å². The van der Waals surface area contributed by atoms with E-state index >= 15 is 0 Å². The minimum atomic E-state index is -3.92. The van der Waals surface area contributed by atoms with E-state index in [4.69, 9.17) is 20.2 Å². The van der Waals surface area contributed by atoms with Crippen LogP contribution in [0.4, 0.5) is 0 Å². The Morgan fingerprint density at radius 1 is 1.50 bits per heavy atom. The summed E-state index contributed by atoms with van der Waals surface area (Å²) in [5.41, 5.74) is 0. The average molecular weight is 324 g/mol. The zero-order valence-corrected chi connectivity index (χ0v) is 13.0. The number of methoxy groups -OCH3 is 1. The fourth-order valence-electron chi connectivity index (χ4n) is 2.41. The van der Waals surface area contributed by atoms with Crippen LogP contribution in [0.2, 0.25) is 0 Å². The van der Waals surface area contributed by atoms with E-state index in [1.165, 1.54) is 0 Å². The largest absolute Gasteiger partial charge is 0.383 e. The maximum Gasteiger partial charge on any atom is 0.296 e. The predicted molar refractivity (Wildman–Crippen MR) is 72.3 cm³/mol. The summed E-state index contributed by atoms with van der Waals surface area (Å²) >= 11 is 0. The molecule has 0 N–H and O–H groups in total. The molecule has 9 heteroatoms. The number of rotatable bonds is 5. The Bertz CT molecular complexity index is 560. The first-order chi connectivity index (χ1) is 9.45. The second-order valence-electron chi connectivity index (χ2n) is 4.87. The van der Waals surface area contributed by atoms with Crippen molar-refractivity contribution < 1.29 is 17.9 Å². The van der Waals surface area contributed by atoms with Gasteiger partial charge in [-0.1, -0.05) is 6.92 Å². The van der Waals surface area contributed by atoms with Crippen molar-refractivity contribution in [3.05, 3.63) is 5.82 Å². The molecule has 0 saturated carbocycles. The smallest absolute Gasteiger partial charge is 0.296 e. The Labute approximate surface area is 122 Å². The minimum Gasteiger partial charge on any atom is -0.383 e. The Morgan fingerprint density at radius 3 is 2.85 bits per heavy atom. The Hall–Kier alpha value is -0.700. The molecule has 1 aromatic heterocycles. The monoisotopic (exact) mass is 323 g/mol. The molecular formula is C11H18ClN3O4S. The molecule has 0 aromatic carbocycles. The standard InChI is InChI=1S/C11H18ClN3O4S/c1-8-7-19-5-3-9(8)10-13-14-11(20(12,16)17)15(10)4-6-18-2/h8-9H,3-7H2,1-2H3. The normalized spacial score (nSPS) is 23.9. The van der Waals surface area contributed by atoms with Gasteiger partial charge >= 0.3 is 0 Å².